The van der Waals surface area contributed by atoms with Gasteiger partial charge in [0.2, 0.25) is 11.6 Å². The first-order chi connectivity index (χ1) is 33.2. The van der Waals surface area contributed by atoms with Gasteiger partial charge in [-0.25, -0.2) is 0 Å². The highest BCUT2D eigenvalue weighted by molar-refractivity contribution is 6.01. The minimum Gasteiger partial charge on any atom is -0.426 e. The number of hydrogen-bond acceptors (Lipinski definition) is 12. The molecule has 0 heterocycles. The monoisotopic (exact) mass is 938 g/mol. The molecule has 2 saturated carbocycles. The lowest BCUT2D eigenvalue weighted by molar-refractivity contribution is -0.230. The van der Waals surface area contributed by atoms with E-state index < -0.39 is 29.2 Å². The average molecular weight is 939 g/mol. The van der Waals surface area contributed by atoms with Crippen molar-refractivity contribution in [1.82, 2.24) is 0 Å². The van der Waals surface area contributed by atoms with E-state index in [1.807, 2.05) is 12.2 Å². The molecule has 0 aliphatic heterocycles. The van der Waals surface area contributed by atoms with Crippen LogP contribution in [-0.4, -0.2) is 64.9 Å². The number of ether oxygens (including phenoxy) is 4. The fraction of sp³-hybridized carbons (Fsp3) is 0.368. The minimum atomic E-state index is -3.08. The van der Waals surface area contributed by atoms with E-state index in [4.69, 9.17) is 30.4 Å². The second-order valence-corrected chi connectivity index (χ2v) is 18.3. The summed E-state index contributed by atoms with van der Waals surface area (Å²) in [5.74, 6) is -4.91. The van der Waals surface area contributed by atoms with Crippen LogP contribution in [0.25, 0.3) is 12.2 Å². The van der Waals surface area contributed by atoms with E-state index >= 15 is 0 Å². The Bertz CT molecular complexity index is 2340. The second-order valence-electron chi connectivity index (χ2n) is 18.3. The zero-order chi connectivity index (χ0) is 49.2. The van der Waals surface area contributed by atoms with Crippen LogP contribution in [0.4, 0.5) is 11.4 Å². The molecular formula is C57H66N2O10. The van der Waals surface area contributed by atoms with Crippen LogP contribution in [0.2, 0.25) is 0 Å². The summed E-state index contributed by atoms with van der Waals surface area (Å²) in [6.07, 6.45) is 16.2. The summed E-state index contributed by atoms with van der Waals surface area (Å²) in [4.78, 5) is 54.3. The van der Waals surface area contributed by atoms with Gasteiger partial charge in [-0.2, -0.15) is 0 Å². The fourth-order valence-electron chi connectivity index (χ4n) is 9.00. The molecule has 0 radical (unpaired) electrons. The van der Waals surface area contributed by atoms with Crippen LogP contribution >= 0.6 is 0 Å². The SMILES string of the molecule is C=CCCOC1CCC(C(=O)Oc2ccc(/C=C/C(=O)CC(Cc3ccc(N)cc3)(Cc3ccc(N)cc3)C(O)(O)C(=O)/C=C/c3ccc(OC(=O)C4CCC(OCCC=C)CC4)cc3)cc2)CC1. The standard InChI is InChI=1S/C57H66N2O10/c1-3-5-35-66-49-30-17-44(18-31-49)54(62)68-51-26-12-40(13-27-51)11-25-48(60)39-56(37-42-7-21-46(58)22-8-42,38-43-9-23-47(59)24-10-43)57(64,65)53(61)34-16-41-14-28-52(29-15-41)69-55(63)45-19-32-50(33-20-45)67-36-6-4-2/h3-4,7-16,21-29,34,44-45,49-50,64-65H,1-2,5-6,17-20,30-33,35-39,58-59H2/b25-11+,34-16+. The molecule has 4 aromatic rings. The largest absolute Gasteiger partial charge is 0.426 e. The number of allylic oxidation sites excluding steroid dienone is 1. The van der Waals surface area contributed by atoms with E-state index in [1.165, 1.54) is 12.2 Å². The van der Waals surface area contributed by atoms with Crippen molar-refractivity contribution in [1.29, 1.82) is 0 Å². The third kappa shape index (κ3) is 15.3. The number of ketones is 2. The highest BCUT2D eigenvalue weighted by atomic mass is 16.5. The highest BCUT2D eigenvalue weighted by Gasteiger charge is 2.54. The maximum atomic E-state index is 14.2. The van der Waals surface area contributed by atoms with Crippen molar-refractivity contribution in [2.45, 2.75) is 101 Å². The van der Waals surface area contributed by atoms with Gasteiger partial charge in [0, 0.05) is 23.2 Å². The van der Waals surface area contributed by atoms with Gasteiger partial charge in [-0.05, 0) is 160 Å². The molecule has 0 aromatic heterocycles. The van der Waals surface area contributed by atoms with E-state index in [9.17, 15) is 29.4 Å². The Hall–Kier alpha value is -6.44. The molecule has 2 aliphatic rings. The van der Waals surface area contributed by atoms with Crippen molar-refractivity contribution < 1.29 is 48.3 Å². The van der Waals surface area contributed by atoms with Gasteiger partial charge in [0.1, 0.15) is 11.5 Å². The van der Waals surface area contributed by atoms with Gasteiger partial charge in [-0.3, -0.25) is 19.2 Å². The summed E-state index contributed by atoms with van der Waals surface area (Å²) in [6.45, 7) is 8.69. The predicted molar refractivity (Wildman–Crippen MR) is 269 cm³/mol. The van der Waals surface area contributed by atoms with Crippen molar-refractivity contribution in [3.63, 3.8) is 0 Å². The molecular weight excluding hydrogens is 873 g/mol. The molecule has 12 heteroatoms. The van der Waals surface area contributed by atoms with Crippen LogP contribution in [0.3, 0.4) is 0 Å². The quantitative estimate of drug-likeness (QED) is 0.00989. The van der Waals surface area contributed by atoms with E-state index in [0.29, 0.717) is 84.0 Å². The van der Waals surface area contributed by atoms with Gasteiger partial charge < -0.3 is 40.6 Å². The van der Waals surface area contributed by atoms with Crippen molar-refractivity contribution in [2.24, 2.45) is 17.3 Å². The number of nitrogens with two attached hydrogens (primary N) is 2. The molecule has 2 aliphatic carbocycles. The van der Waals surface area contributed by atoms with Crippen LogP contribution in [0.1, 0.15) is 92.9 Å². The lowest BCUT2D eigenvalue weighted by atomic mass is 9.65. The first-order valence-electron chi connectivity index (χ1n) is 23.9. The number of nitrogen functional groups attached to an aromatic ring is 2. The zero-order valence-electron chi connectivity index (χ0n) is 39.3. The van der Waals surface area contributed by atoms with E-state index in [0.717, 1.165) is 44.6 Å². The molecule has 364 valence electrons. The number of esters is 2. The molecule has 4 aromatic carbocycles. The zero-order valence-corrected chi connectivity index (χ0v) is 39.3. The molecule has 6 N–H and O–H groups in total. The van der Waals surface area contributed by atoms with Crippen LogP contribution in [0.15, 0.2) is 135 Å². The minimum absolute atomic E-state index is 0.0993. The van der Waals surface area contributed by atoms with Crippen LogP contribution in [-0.2, 0) is 41.5 Å². The summed E-state index contributed by atoms with van der Waals surface area (Å²) in [7, 11) is 0. The van der Waals surface area contributed by atoms with Crippen LogP contribution < -0.4 is 20.9 Å². The summed E-state index contributed by atoms with van der Waals surface area (Å²) >= 11 is 0. The van der Waals surface area contributed by atoms with Gasteiger partial charge in [0.05, 0.1) is 37.3 Å². The number of carbonyl (C=O) groups is 4. The Kier molecular flexibility index (Phi) is 19.0. The smallest absolute Gasteiger partial charge is 0.314 e. The van der Waals surface area contributed by atoms with Gasteiger partial charge in [0.15, 0.2) is 5.78 Å². The lowest BCUT2D eigenvalue weighted by Gasteiger charge is -2.42. The van der Waals surface area contributed by atoms with E-state index in [2.05, 4.69) is 13.2 Å². The summed E-state index contributed by atoms with van der Waals surface area (Å²) < 4.78 is 23.2. The molecule has 0 saturated heterocycles. The maximum Gasteiger partial charge on any atom is 0.314 e. The number of aliphatic hydroxyl groups is 2. The Labute approximate surface area is 405 Å². The van der Waals surface area contributed by atoms with E-state index in [1.54, 1.807) is 103 Å². The number of carbonyl (C=O) groups excluding carboxylic acids is 4. The van der Waals surface area contributed by atoms with Crippen LogP contribution in [0.5, 0.6) is 11.5 Å². The Balaban J connectivity index is 1.15. The predicted octanol–water partition coefficient (Wildman–Crippen LogP) is 9.37. The third-order valence-electron chi connectivity index (χ3n) is 13.1. The van der Waals surface area contributed by atoms with Gasteiger partial charge in [-0.1, -0.05) is 72.8 Å². The van der Waals surface area contributed by atoms with Crippen molar-refractivity contribution in [3.8, 4) is 11.5 Å². The topological polar surface area (TPSA) is 198 Å². The molecule has 12 nitrogen and oxygen atoms in total. The van der Waals surface area contributed by atoms with E-state index in [-0.39, 0.29) is 48.8 Å². The summed E-state index contributed by atoms with van der Waals surface area (Å²) in [5.41, 5.74) is 13.6. The van der Waals surface area contributed by atoms with Crippen molar-refractivity contribution >= 4 is 47.0 Å². The van der Waals surface area contributed by atoms with Crippen molar-refractivity contribution in [2.75, 3.05) is 24.7 Å². The lowest BCUT2D eigenvalue weighted by Crippen LogP contribution is -2.57. The Morgan fingerprint density at radius 1 is 0.565 bits per heavy atom. The molecule has 69 heavy (non-hydrogen) atoms. The molecule has 0 amide bonds. The van der Waals surface area contributed by atoms with Gasteiger partial charge >= 0.3 is 11.9 Å². The van der Waals surface area contributed by atoms with Gasteiger partial charge in [-0.15, -0.1) is 13.2 Å². The molecule has 0 bridgehead atoms. The second kappa shape index (κ2) is 25.2. The number of benzene rings is 4. The Morgan fingerprint density at radius 2 is 0.957 bits per heavy atom. The molecule has 0 unspecified atom stereocenters. The first kappa shape index (κ1) is 51.9. The average Bonchev–Trinajstić information content (AvgIpc) is 3.35. The first-order valence-corrected chi connectivity index (χ1v) is 23.9. The highest BCUT2D eigenvalue weighted by Crippen LogP contribution is 2.43. The molecule has 0 spiro atoms. The summed E-state index contributed by atoms with van der Waals surface area (Å²) in [6, 6.07) is 26.9. The number of anilines is 2. The maximum absolute atomic E-state index is 14.2. The normalized spacial score (nSPS) is 18.7. The number of hydrogen-bond donors (Lipinski definition) is 4. The Morgan fingerprint density at radius 3 is 1.35 bits per heavy atom. The van der Waals surface area contributed by atoms with Crippen molar-refractivity contribution in [3.05, 3.63) is 157 Å². The third-order valence-corrected chi connectivity index (χ3v) is 13.1. The van der Waals surface area contributed by atoms with Gasteiger partial charge in [0.25, 0.3) is 0 Å². The molecule has 0 atom stereocenters. The number of rotatable bonds is 24. The van der Waals surface area contributed by atoms with Crippen LogP contribution in [0, 0.1) is 17.3 Å². The molecule has 2 fully saturated rings. The fourth-order valence-corrected chi connectivity index (χ4v) is 9.00. The molecule has 6 rings (SSSR count). The summed E-state index contributed by atoms with van der Waals surface area (Å²) in [5, 5.41) is 24.5.